The second-order valence-electron chi connectivity index (χ2n) is 7.21. The van der Waals surface area contributed by atoms with Crippen LogP contribution in [0.15, 0.2) is 82.1 Å². The summed E-state index contributed by atoms with van der Waals surface area (Å²) in [5.74, 6) is -1.22. The van der Waals surface area contributed by atoms with Gasteiger partial charge in [0.15, 0.2) is 22.6 Å². The average molecular weight is 465 g/mol. The van der Waals surface area contributed by atoms with E-state index in [1.54, 1.807) is 54.6 Å². The summed E-state index contributed by atoms with van der Waals surface area (Å²) in [4.78, 5) is 24.0. The van der Waals surface area contributed by atoms with Crippen LogP contribution in [0, 0.1) is 0 Å². The first-order valence-corrected chi connectivity index (χ1v) is 11.1. The number of amides is 1. The second-order valence-corrected chi connectivity index (χ2v) is 8.24. The molecule has 2 N–H and O–H groups in total. The summed E-state index contributed by atoms with van der Waals surface area (Å²) >= 11 is 0. The van der Waals surface area contributed by atoms with Crippen molar-refractivity contribution in [2.24, 2.45) is 0 Å². The predicted molar refractivity (Wildman–Crippen MR) is 122 cm³/mol. The third kappa shape index (κ3) is 4.88. The summed E-state index contributed by atoms with van der Waals surface area (Å²) in [6.07, 6.45) is -1.06. The van der Waals surface area contributed by atoms with Crippen LogP contribution in [0.1, 0.15) is 17.5 Å². The Hall–Kier alpha value is -4.11. The number of hydrogen-bond donors (Lipinski definition) is 3. The molecule has 0 radical (unpaired) electrons. The van der Waals surface area contributed by atoms with E-state index in [-0.39, 0.29) is 10.7 Å². The molecule has 0 bridgehead atoms. The molecule has 4 aromatic rings. The fourth-order valence-electron chi connectivity index (χ4n) is 3.20. The Morgan fingerprint density at radius 1 is 0.970 bits per heavy atom. The van der Waals surface area contributed by atoms with Gasteiger partial charge >= 0.3 is 5.97 Å². The van der Waals surface area contributed by atoms with Gasteiger partial charge in [-0.25, -0.2) is 13.2 Å². The van der Waals surface area contributed by atoms with Gasteiger partial charge in [0.1, 0.15) is 11.3 Å². The predicted octanol–water partition coefficient (Wildman–Crippen LogP) is 4.17. The highest BCUT2D eigenvalue weighted by molar-refractivity contribution is 7.72. The number of ether oxygens (including phenoxy) is 1. The van der Waals surface area contributed by atoms with Crippen LogP contribution in [0.25, 0.3) is 22.1 Å². The molecule has 3 aromatic carbocycles. The highest BCUT2D eigenvalue weighted by Crippen LogP contribution is 2.30. The molecule has 0 saturated carbocycles. The molecule has 0 aliphatic heterocycles. The van der Waals surface area contributed by atoms with E-state index in [4.69, 9.17) is 14.3 Å². The SMILES string of the molecule is CC(Oc1cccc2oc(C(=O)Nc3ccc(-c4ccc([SH](=O)=O)cc4)cc3)cc12)C(=O)O. The summed E-state index contributed by atoms with van der Waals surface area (Å²) < 4.78 is 33.1. The molecular formula is C24H19NO7S. The molecule has 9 heteroatoms. The number of thiol groups is 1. The van der Waals surface area contributed by atoms with Gasteiger partial charge in [0, 0.05) is 11.8 Å². The molecule has 33 heavy (non-hydrogen) atoms. The lowest BCUT2D eigenvalue weighted by molar-refractivity contribution is -0.144. The van der Waals surface area contributed by atoms with Crippen molar-refractivity contribution < 1.29 is 32.3 Å². The van der Waals surface area contributed by atoms with E-state index in [2.05, 4.69) is 5.32 Å². The van der Waals surface area contributed by atoms with E-state index in [1.165, 1.54) is 25.1 Å². The smallest absolute Gasteiger partial charge is 0.344 e. The van der Waals surface area contributed by atoms with Crippen LogP contribution in [-0.2, 0) is 15.5 Å². The lowest BCUT2D eigenvalue weighted by Gasteiger charge is -2.10. The van der Waals surface area contributed by atoms with Crippen LogP contribution in [0.4, 0.5) is 5.69 Å². The minimum atomic E-state index is -2.62. The molecule has 1 amide bonds. The quantitative estimate of drug-likeness (QED) is 0.350. The van der Waals surface area contributed by atoms with Crippen molar-refractivity contribution in [3.05, 3.63) is 78.6 Å². The molecule has 0 aliphatic rings. The van der Waals surface area contributed by atoms with E-state index in [0.29, 0.717) is 22.4 Å². The van der Waals surface area contributed by atoms with Gasteiger partial charge in [-0.2, -0.15) is 0 Å². The molecule has 4 rings (SSSR count). The number of anilines is 1. The fourth-order valence-corrected chi connectivity index (χ4v) is 3.60. The molecule has 168 valence electrons. The number of hydrogen-bond acceptors (Lipinski definition) is 6. The van der Waals surface area contributed by atoms with Crippen LogP contribution in [-0.4, -0.2) is 31.5 Å². The number of benzene rings is 3. The molecule has 0 fully saturated rings. The number of carbonyl (C=O) groups is 2. The van der Waals surface area contributed by atoms with E-state index in [1.807, 2.05) is 0 Å². The first kappa shape index (κ1) is 22.1. The standard InChI is InChI=1S/C24H19NO7S/c1-14(24(27)28)31-20-3-2-4-21-19(20)13-22(32-21)23(26)25-17-9-5-15(6-10-17)16-7-11-18(12-8-16)33(29)30/h2-14,33H,1H3,(H,25,26)(H,27,28). The summed E-state index contributed by atoms with van der Waals surface area (Å²) in [6, 6.07) is 20.0. The van der Waals surface area contributed by atoms with Crippen LogP contribution >= 0.6 is 0 Å². The zero-order valence-electron chi connectivity index (χ0n) is 17.3. The van der Waals surface area contributed by atoms with Crippen molar-refractivity contribution in [1.29, 1.82) is 0 Å². The van der Waals surface area contributed by atoms with Crippen LogP contribution in [0.2, 0.25) is 0 Å². The third-order valence-electron chi connectivity index (χ3n) is 4.95. The highest BCUT2D eigenvalue weighted by atomic mass is 32.2. The highest BCUT2D eigenvalue weighted by Gasteiger charge is 2.18. The van der Waals surface area contributed by atoms with Gasteiger partial charge in [0.2, 0.25) is 0 Å². The van der Waals surface area contributed by atoms with Gasteiger partial charge in [-0.1, -0.05) is 30.3 Å². The molecule has 0 aliphatic carbocycles. The number of carbonyl (C=O) groups excluding carboxylic acids is 1. The van der Waals surface area contributed by atoms with Crippen molar-refractivity contribution in [3.63, 3.8) is 0 Å². The summed E-state index contributed by atoms with van der Waals surface area (Å²) in [6.45, 7) is 1.41. The topological polar surface area (TPSA) is 123 Å². The normalized spacial score (nSPS) is 11.9. The zero-order valence-corrected chi connectivity index (χ0v) is 18.2. The number of carboxylic acids is 1. The summed E-state index contributed by atoms with van der Waals surface area (Å²) in [5, 5.41) is 12.3. The van der Waals surface area contributed by atoms with Gasteiger partial charge in [-0.05, 0) is 54.4 Å². The average Bonchev–Trinajstić information content (AvgIpc) is 3.25. The molecule has 8 nitrogen and oxygen atoms in total. The van der Waals surface area contributed by atoms with Crippen molar-refractivity contribution in [1.82, 2.24) is 0 Å². The van der Waals surface area contributed by atoms with Crippen LogP contribution in [0.3, 0.4) is 0 Å². The fraction of sp³-hybridized carbons (Fsp3) is 0.0833. The van der Waals surface area contributed by atoms with Crippen LogP contribution in [0.5, 0.6) is 5.75 Å². The van der Waals surface area contributed by atoms with E-state index < -0.39 is 28.7 Å². The maximum atomic E-state index is 12.7. The number of fused-ring (bicyclic) bond motifs is 1. The van der Waals surface area contributed by atoms with E-state index in [9.17, 15) is 18.0 Å². The number of furan rings is 1. The maximum absolute atomic E-state index is 12.7. The summed E-state index contributed by atoms with van der Waals surface area (Å²) in [7, 11) is -2.62. The number of rotatable bonds is 7. The Morgan fingerprint density at radius 3 is 2.21 bits per heavy atom. The second kappa shape index (κ2) is 9.17. The zero-order chi connectivity index (χ0) is 23.5. The largest absolute Gasteiger partial charge is 0.479 e. The van der Waals surface area contributed by atoms with Gasteiger partial charge in [0.25, 0.3) is 5.91 Å². The molecule has 0 saturated heterocycles. The lowest BCUT2D eigenvalue weighted by Crippen LogP contribution is -2.22. The van der Waals surface area contributed by atoms with Crippen molar-refractivity contribution >= 4 is 39.2 Å². The Labute approximate surface area is 190 Å². The Morgan fingerprint density at radius 2 is 1.61 bits per heavy atom. The molecular weight excluding hydrogens is 446 g/mol. The minimum absolute atomic E-state index is 0.0513. The maximum Gasteiger partial charge on any atom is 0.344 e. The van der Waals surface area contributed by atoms with Gasteiger partial charge in [0.05, 0.1) is 10.3 Å². The first-order valence-electron chi connectivity index (χ1n) is 9.90. The number of carboxylic acid groups (broad SMARTS) is 1. The van der Waals surface area contributed by atoms with Gasteiger partial charge in [-0.15, -0.1) is 0 Å². The van der Waals surface area contributed by atoms with E-state index in [0.717, 1.165) is 11.1 Å². The van der Waals surface area contributed by atoms with Crippen molar-refractivity contribution in [2.75, 3.05) is 5.32 Å². The van der Waals surface area contributed by atoms with Crippen molar-refractivity contribution in [3.8, 4) is 16.9 Å². The number of nitrogens with one attached hydrogen (secondary N) is 1. The van der Waals surface area contributed by atoms with Crippen LogP contribution < -0.4 is 10.1 Å². The Kier molecular flexibility index (Phi) is 6.14. The lowest BCUT2D eigenvalue weighted by atomic mass is 10.1. The van der Waals surface area contributed by atoms with E-state index >= 15 is 0 Å². The van der Waals surface area contributed by atoms with Gasteiger partial charge < -0.3 is 19.6 Å². The Bertz CT molecular complexity index is 1400. The minimum Gasteiger partial charge on any atom is -0.479 e. The van der Waals surface area contributed by atoms with Crippen molar-refractivity contribution in [2.45, 2.75) is 17.9 Å². The number of aliphatic carboxylic acids is 1. The first-order chi connectivity index (χ1) is 15.8. The summed E-state index contributed by atoms with van der Waals surface area (Å²) in [5.41, 5.74) is 2.64. The molecule has 1 aromatic heterocycles. The third-order valence-corrected chi connectivity index (χ3v) is 5.67. The Balaban J connectivity index is 1.50. The molecule has 0 spiro atoms. The molecule has 1 atom stereocenters. The molecule has 1 heterocycles. The van der Waals surface area contributed by atoms with Gasteiger partial charge in [-0.3, -0.25) is 4.79 Å². The molecule has 1 unspecified atom stereocenters. The monoisotopic (exact) mass is 465 g/mol.